The molecule has 1 aliphatic carbocycles. The summed E-state index contributed by atoms with van der Waals surface area (Å²) in [6, 6.07) is 9.94. The maximum atomic E-state index is 13.8. The predicted octanol–water partition coefficient (Wildman–Crippen LogP) is 2.54. The van der Waals surface area contributed by atoms with E-state index in [1.165, 1.54) is 10.7 Å². The van der Waals surface area contributed by atoms with Gasteiger partial charge in [0.2, 0.25) is 0 Å². The van der Waals surface area contributed by atoms with Crippen molar-refractivity contribution in [1.29, 1.82) is 0 Å². The van der Waals surface area contributed by atoms with Crippen LogP contribution < -0.4 is 5.32 Å². The summed E-state index contributed by atoms with van der Waals surface area (Å²) in [5.41, 5.74) is 2.41. The lowest BCUT2D eigenvalue weighted by Crippen LogP contribution is -2.23. The van der Waals surface area contributed by atoms with E-state index in [1.54, 1.807) is 36.5 Å². The Labute approximate surface area is 137 Å². The van der Waals surface area contributed by atoms with Gasteiger partial charge >= 0.3 is 0 Å². The van der Waals surface area contributed by atoms with Crippen LogP contribution in [0.15, 0.2) is 42.6 Å². The minimum atomic E-state index is -0.347. The average molecular weight is 325 g/mol. The first kappa shape index (κ1) is 14.6. The van der Waals surface area contributed by atoms with Crippen molar-refractivity contribution in [3.63, 3.8) is 0 Å². The van der Waals surface area contributed by atoms with E-state index in [4.69, 9.17) is 0 Å². The molecule has 4 rings (SSSR count). The van der Waals surface area contributed by atoms with E-state index in [-0.39, 0.29) is 18.3 Å². The zero-order valence-corrected chi connectivity index (χ0v) is 12.9. The molecule has 0 atom stereocenters. The molecule has 1 aromatic carbocycles. The van der Waals surface area contributed by atoms with Gasteiger partial charge in [0.1, 0.15) is 17.2 Å². The SMILES string of the molecule is O=C(NCc1ccn(-c2ccccc2F)n1)c1cc(C2CC2)[nH]n1. The number of H-pyrrole nitrogens is 1. The first-order valence-electron chi connectivity index (χ1n) is 7.83. The standard InChI is InChI=1S/C17H16FN5O/c18-13-3-1-2-4-16(13)23-8-7-12(22-23)10-19-17(24)15-9-14(20-21-15)11-5-6-11/h1-4,7-9,11H,5-6,10H2,(H,19,24)(H,20,21). The topological polar surface area (TPSA) is 75.6 Å². The van der Waals surface area contributed by atoms with Gasteiger partial charge in [-0.3, -0.25) is 9.89 Å². The molecule has 1 saturated carbocycles. The molecule has 7 heteroatoms. The Morgan fingerprint density at radius 3 is 2.96 bits per heavy atom. The third-order valence-corrected chi connectivity index (χ3v) is 4.02. The van der Waals surface area contributed by atoms with Gasteiger partial charge in [0.25, 0.3) is 5.91 Å². The van der Waals surface area contributed by atoms with Crippen LogP contribution in [0.1, 0.15) is 40.6 Å². The first-order chi connectivity index (χ1) is 11.7. The van der Waals surface area contributed by atoms with Gasteiger partial charge in [-0.05, 0) is 37.1 Å². The molecule has 0 spiro atoms. The van der Waals surface area contributed by atoms with Gasteiger partial charge in [0.05, 0.1) is 12.2 Å². The molecule has 1 fully saturated rings. The molecule has 1 amide bonds. The van der Waals surface area contributed by atoms with Crippen LogP contribution >= 0.6 is 0 Å². The summed E-state index contributed by atoms with van der Waals surface area (Å²) in [5.74, 6) is -0.0746. The van der Waals surface area contributed by atoms with Crippen molar-refractivity contribution in [2.75, 3.05) is 0 Å². The molecule has 3 aromatic rings. The Morgan fingerprint density at radius 2 is 2.17 bits per heavy atom. The van der Waals surface area contributed by atoms with Gasteiger partial charge in [-0.25, -0.2) is 9.07 Å². The number of aromatic nitrogens is 4. The maximum Gasteiger partial charge on any atom is 0.272 e. The predicted molar refractivity (Wildman–Crippen MR) is 85.3 cm³/mol. The number of aromatic amines is 1. The fourth-order valence-electron chi connectivity index (χ4n) is 2.55. The van der Waals surface area contributed by atoms with Crippen LogP contribution in [0.25, 0.3) is 5.69 Å². The number of carbonyl (C=O) groups is 1. The van der Waals surface area contributed by atoms with E-state index in [0.717, 1.165) is 18.5 Å². The van der Waals surface area contributed by atoms with E-state index in [9.17, 15) is 9.18 Å². The van der Waals surface area contributed by atoms with Crippen LogP contribution in [0.2, 0.25) is 0 Å². The molecular formula is C17H16FN5O. The van der Waals surface area contributed by atoms with Gasteiger partial charge in [-0.15, -0.1) is 0 Å². The van der Waals surface area contributed by atoms with E-state index in [1.807, 2.05) is 0 Å². The van der Waals surface area contributed by atoms with Crippen molar-refractivity contribution >= 4 is 5.91 Å². The lowest BCUT2D eigenvalue weighted by molar-refractivity contribution is 0.0945. The quantitative estimate of drug-likeness (QED) is 0.757. The number of nitrogens with one attached hydrogen (secondary N) is 2. The monoisotopic (exact) mass is 325 g/mol. The highest BCUT2D eigenvalue weighted by Gasteiger charge is 2.26. The highest BCUT2D eigenvalue weighted by Crippen LogP contribution is 2.38. The number of benzene rings is 1. The Bertz CT molecular complexity index is 881. The summed E-state index contributed by atoms with van der Waals surface area (Å²) in [6.45, 7) is 0.256. The molecule has 0 radical (unpaired) electrons. The van der Waals surface area contributed by atoms with Crippen molar-refractivity contribution in [3.05, 3.63) is 65.5 Å². The van der Waals surface area contributed by atoms with Crippen molar-refractivity contribution < 1.29 is 9.18 Å². The summed E-state index contributed by atoms with van der Waals surface area (Å²) in [6.07, 6.45) is 3.97. The second-order valence-electron chi connectivity index (χ2n) is 5.87. The first-order valence-corrected chi connectivity index (χ1v) is 7.83. The van der Waals surface area contributed by atoms with Gasteiger partial charge < -0.3 is 5.32 Å². The number of hydrogen-bond acceptors (Lipinski definition) is 3. The van der Waals surface area contributed by atoms with E-state index < -0.39 is 0 Å². The fraction of sp³-hybridized carbons (Fsp3) is 0.235. The van der Waals surface area contributed by atoms with Gasteiger partial charge in [0, 0.05) is 17.8 Å². The molecule has 0 unspecified atom stereocenters. The van der Waals surface area contributed by atoms with Crippen LogP contribution in [-0.4, -0.2) is 25.9 Å². The average Bonchev–Trinajstić information content (AvgIpc) is 3.13. The second kappa shape index (κ2) is 5.92. The van der Waals surface area contributed by atoms with E-state index in [0.29, 0.717) is 23.0 Å². The molecule has 2 heterocycles. The van der Waals surface area contributed by atoms with Gasteiger partial charge in [-0.1, -0.05) is 12.1 Å². The van der Waals surface area contributed by atoms with Crippen LogP contribution in [0.4, 0.5) is 4.39 Å². The van der Waals surface area contributed by atoms with Crippen molar-refractivity contribution in [2.24, 2.45) is 0 Å². The summed E-state index contributed by atoms with van der Waals surface area (Å²) in [4.78, 5) is 12.1. The summed E-state index contributed by atoms with van der Waals surface area (Å²) in [7, 11) is 0. The Hall–Kier alpha value is -2.96. The van der Waals surface area contributed by atoms with Crippen LogP contribution in [0.3, 0.4) is 0 Å². The summed E-state index contributed by atoms with van der Waals surface area (Å²) < 4.78 is 15.2. The largest absolute Gasteiger partial charge is 0.345 e. The Kier molecular flexibility index (Phi) is 3.60. The normalized spacial score (nSPS) is 13.9. The molecule has 122 valence electrons. The number of carbonyl (C=O) groups excluding carboxylic acids is 1. The van der Waals surface area contributed by atoms with E-state index in [2.05, 4.69) is 20.6 Å². The molecule has 1 aliphatic rings. The Balaban J connectivity index is 1.40. The number of hydrogen-bond donors (Lipinski definition) is 2. The van der Waals surface area contributed by atoms with Crippen molar-refractivity contribution in [2.45, 2.75) is 25.3 Å². The van der Waals surface area contributed by atoms with Gasteiger partial charge in [0.15, 0.2) is 0 Å². The van der Waals surface area contributed by atoms with E-state index >= 15 is 0 Å². The number of rotatable bonds is 5. The highest BCUT2D eigenvalue weighted by molar-refractivity contribution is 5.92. The fourth-order valence-corrected chi connectivity index (χ4v) is 2.55. The van der Waals surface area contributed by atoms with Crippen molar-refractivity contribution in [1.82, 2.24) is 25.3 Å². The molecule has 0 aliphatic heterocycles. The summed E-state index contributed by atoms with van der Waals surface area (Å²) >= 11 is 0. The third kappa shape index (κ3) is 2.92. The molecule has 0 saturated heterocycles. The second-order valence-corrected chi connectivity index (χ2v) is 5.87. The highest BCUT2D eigenvalue weighted by atomic mass is 19.1. The summed E-state index contributed by atoms with van der Waals surface area (Å²) in [5, 5.41) is 14.0. The number of nitrogens with zero attached hydrogens (tertiary/aromatic N) is 3. The minimum Gasteiger partial charge on any atom is -0.345 e. The van der Waals surface area contributed by atoms with Crippen molar-refractivity contribution in [3.8, 4) is 5.69 Å². The van der Waals surface area contributed by atoms with Crippen LogP contribution in [-0.2, 0) is 6.54 Å². The molecule has 0 bridgehead atoms. The lowest BCUT2D eigenvalue weighted by Gasteiger charge is -2.03. The number of halogens is 1. The lowest BCUT2D eigenvalue weighted by atomic mass is 10.2. The molecule has 2 aromatic heterocycles. The third-order valence-electron chi connectivity index (χ3n) is 4.02. The van der Waals surface area contributed by atoms with Gasteiger partial charge in [-0.2, -0.15) is 10.2 Å². The maximum absolute atomic E-state index is 13.8. The number of amides is 1. The molecule has 6 nitrogen and oxygen atoms in total. The van der Waals surface area contributed by atoms with Crippen LogP contribution in [0, 0.1) is 5.82 Å². The smallest absolute Gasteiger partial charge is 0.272 e. The number of para-hydroxylation sites is 1. The molecular weight excluding hydrogens is 309 g/mol. The minimum absolute atomic E-state index is 0.251. The molecule has 2 N–H and O–H groups in total. The van der Waals surface area contributed by atoms with Crippen LogP contribution in [0.5, 0.6) is 0 Å². The zero-order valence-electron chi connectivity index (χ0n) is 12.9. The Morgan fingerprint density at radius 1 is 1.33 bits per heavy atom. The molecule has 24 heavy (non-hydrogen) atoms. The zero-order chi connectivity index (χ0) is 16.5.